The van der Waals surface area contributed by atoms with Crippen molar-refractivity contribution < 1.29 is 22.8 Å². The molecule has 2 rings (SSSR count). The van der Waals surface area contributed by atoms with Crippen LogP contribution in [0.25, 0.3) is 0 Å². The summed E-state index contributed by atoms with van der Waals surface area (Å²) in [6.45, 7) is 5.92. The maximum atomic E-state index is 13.6. The predicted molar refractivity (Wildman–Crippen MR) is 87.5 cm³/mol. The number of hydrogen-bond acceptors (Lipinski definition) is 5. The van der Waals surface area contributed by atoms with E-state index in [-0.39, 0.29) is 23.4 Å². The highest BCUT2D eigenvalue weighted by atomic mass is 19.1. The van der Waals surface area contributed by atoms with Crippen molar-refractivity contribution in [2.45, 2.75) is 45.4 Å². The van der Waals surface area contributed by atoms with E-state index in [2.05, 4.69) is 20.2 Å². The fraction of sp³-hybridized carbons (Fsp3) is 0.471. The van der Waals surface area contributed by atoms with Gasteiger partial charge in [-0.15, -0.1) is 0 Å². The molecule has 136 valence electrons. The molecule has 0 fully saturated rings. The summed E-state index contributed by atoms with van der Waals surface area (Å²) in [7, 11) is 1.17. The molecule has 8 heteroatoms. The minimum atomic E-state index is -0.877. The molecule has 6 nitrogen and oxygen atoms in total. The number of benzene rings is 1. The predicted octanol–water partition coefficient (Wildman–Crippen LogP) is 3.62. The number of aromatic nitrogens is 2. The van der Waals surface area contributed by atoms with Crippen LogP contribution >= 0.6 is 0 Å². The normalized spacial score (nSPS) is 11.4. The summed E-state index contributed by atoms with van der Waals surface area (Å²) in [6, 6.07) is 2.01. The highest BCUT2D eigenvalue weighted by Crippen LogP contribution is 2.25. The van der Waals surface area contributed by atoms with E-state index in [1.807, 2.05) is 20.8 Å². The number of nitrogens with one attached hydrogen (secondary N) is 1. The van der Waals surface area contributed by atoms with E-state index in [1.54, 1.807) is 0 Å². The first-order chi connectivity index (χ1) is 11.7. The molecule has 0 atom stereocenters. The quantitative estimate of drug-likeness (QED) is 0.858. The second-order valence-corrected chi connectivity index (χ2v) is 6.64. The molecule has 0 spiro atoms. The van der Waals surface area contributed by atoms with Crippen molar-refractivity contribution in [3.05, 3.63) is 35.5 Å². The Kier molecular flexibility index (Phi) is 5.71. The van der Waals surface area contributed by atoms with Gasteiger partial charge in [-0.1, -0.05) is 25.9 Å². The third-order valence-corrected chi connectivity index (χ3v) is 3.42. The number of halogens is 2. The van der Waals surface area contributed by atoms with E-state index in [0.29, 0.717) is 24.6 Å². The van der Waals surface area contributed by atoms with Crippen LogP contribution in [-0.2, 0) is 16.6 Å². The van der Waals surface area contributed by atoms with Crippen molar-refractivity contribution in [2.75, 3.05) is 12.4 Å². The highest BCUT2D eigenvalue weighted by molar-refractivity contribution is 5.90. The van der Waals surface area contributed by atoms with Crippen LogP contribution in [0.5, 0.6) is 5.75 Å². The smallest absolute Gasteiger partial charge is 0.226 e. The third-order valence-electron chi connectivity index (χ3n) is 3.42. The van der Waals surface area contributed by atoms with Crippen molar-refractivity contribution in [1.82, 2.24) is 10.1 Å². The Morgan fingerprint density at radius 2 is 1.92 bits per heavy atom. The van der Waals surface area contributed by atoms with Crippen LogP contribution in [0, 0.1) is 11.6 Å². The van der Waals surface area contributed by atoms with Gasteiger partial charge in [0.15, 0.2) is 23.2 Å². The van der Waals surface area contributed by atoms with Gasteiger partial charge in [-0.2, -0.15) is 4.98 Å². The number of aryl methyl sites for hydroxylation is 1. The number of carbonyl (C=O) groups is 1. The molecule has 1 amide bonds. The zero-order valence-corrected chi connectivity index (χ0v) is 14.7. The monoisotopic (exact) mass is 353 g/mol. The molecule has 1 N–H and O–H groups in total. The van der Waals surface area contributed by atoms with Crippen molar-refractivity contribution in [1.29, 1.82) is 0 Å². The molecular formula is C17H21F2N3O3. The van der Waals surface area contributed by atoms with E-state index in [4.69, 9.17) is 4.52 Å². The summed E-state index contributed by atoms with van der Waals surface area (Å²) in [5.41, 5.74) is -0.171. The van der Waals surface area contributed by atoms with Crippen LogP contribution in [-0.4, -0.2) is 23.2 Å². The SMILES string of the molecule is COc1c(F)cc(NC(=O)CCCc2nc(C(C)(C)C)no2)cc1F. The van der Waals surface area contributed by atoms with Gasteiger partial charge in [0.1, 0.15) is 0 Å². The van der Waals surface area contributed by atoms with Crippen molar-refractivity contribution in [3.8, 4) is 5.75 Å². The van der Waals surface area contributed by atoms with Gasteiger partial charge in [-0.05, 0) is 6.42 Å². The van der Waals surface area contributed by atoms with Gasteiger partial charge in [0, 0.05) is 36.1 Å². The third kappa shape index (κ3) is 4.98. The number of carbonyl (C=O) groups excluding carboxylic acids is 1. The molecule has 0 unspecified atom stereocenters. The topological polar surface area (TPSA) is 77.2 Å². The molecule has 0 saturated carbocycles. The first kappa shape index (κ1) is 18.8. The minimum absolute atomic E-state index is 0.0357. The molecule has 25 heavy (non-hydrogen) atoms. The summed E-state index contributed by atoms with van der Waals surface area (Å²) >= 11 is 0. The molecule has 0 bridgehead atoms. The Balaban J connectivity index is 1.86. The van der Waals surface area contributed by atoms with Gasteiger partial charge in [0.25, 0.3) is 0 Å². The summed E-state index contributed by atoms with van der Waals surface area (Å²) < 4.78 is 36.9. The Morgan fingerprint density at radius 1 is 1.28 bits per heavy atom. The lowest BCUT2D eigenvalue weighted by Gasteiger charge is -2.10. The van der Waals surface area contributed by atoms with Crippen molar-refractivity contribution >= 4 is 11.6 Å². The molecule has 0 aliphatic rings. The number of ether oxygens (including phenoxy) is 1. The molecular weight excluding hydrogens is 332 g/mol. The maximum absolute atomic E-state index is 13.6. The molecule has 1 heterocycles. The van der Waals surface area contributed by atoms with Gasteiger partial charge in [-0.25, -0.2) is 8.78 Å². The lowest BCUT2D eigenvalue weighted by molar-refractivity contribution is -0.116. The van der Waals surface area contributed by atoms with Crippen molar-refractivity contribution in [2.24, 2.45) is 0 Å². The minimum Gasteiger partial charge on any atom is -0.491 e. The van der Waals surface area contributed by atoms with Crippen LogP contribution in [0.2, 0.25) is 0 Å². The lowest BCUT2D eigenvalue weighted by atomic mass is 9.96. The van der Waals surface area contributed by atoms with Gasteiger partial charge < -0.3 is 14.6 Å². The fourth-order valence-corrected chi connectivity index (χ4v) is 2.11. The number of hydrogen-bond donors (Lipinski definition) is 1. The van der Waals surface area contributed by atoms with Crippen LogP contribution in [0.1, 0.15) is 45.3 Å². The van der Waals surface area contributed by atoms with E-state index in [1.165, 1.54) is 7.11 Å². The average molecular weight is 353 g/mol. The molecule has 1 aromatic heterocycles. The Labute approximate surface area is 144 Å². The van der Waals surface area contributed by atoms with E-state index in [9.17, 15) is 13.6 Å². The summed E-state index contributed by atoms with van der Waals surface area (Å²) in [4.78, 5) is 16.2. The van der Waals surface area contributed by atoms with E-state index >= 15 is 0 Å². The maximum Gasteiger partial charge on any atom is 0.226 e. The fourth-order valence-electron chi connectivity index (χ4n) is 2.11. The molecule has 2 aromatic rings. The largest absolute Gasteiger partial charge is 0.491 e. The molecule has 0 radical (unpaired) electrons. The Morgan fingerprint density at radius 3 is 2.44 bits per heavy atom. The zero-order chi connectivity index (χ0) is 18.6. The van der Waals surface area contributed by atoms with E-state index < -0.39 is 17.4 Å². The standard InChI is InChI=1S/C17H21F2N3O3/c1-17(2,3)16-21-14(25-22-16)7-5-6-13(23)20-10-8-11(18)15(24-4)12(19)9-10/h8-9H,5-7H2,1-4H3,(H,20,23). The molecule has 0 aliphatic heterocycles. The number of amides is 1. The lowest BCUT2D eigenvalue weighted by Crippen LogP contribution is -2.13. The first-order valence-electron chi connectivity index (χ1n) is 7.86. The number of nitrogens with zero attached hydrogens (tertiary/aromatic N) is 2. The second-order valence-electron chi connectivity index (χ2n) is 6.64. The van der Waals surface area contributed by atoms with Gasteiger partial charge in [-0.3, -0.25) is 4.79 Å². The summed E-state index contributed by atoms with van der Waals surface area (Å²) in [5.74, 6) is -1.53. The van der Waals surface area contributed by atoms with Crippen LogP contribution < -0.4 is 10.1 Å². The average Bonchev–Trinajstić information content (AvgIpc) is 2.96. The van der Waals surface area contributed by atoms with Gasteiger partial charge in [0.2, 0.25) is 11.8 Å². The Hall–Kier alpha value is -2.51. The highest BCUT2D eigenvalue weighted by Gasteiger charge is 2.21. The number of anilines is 1. The van der Waals surface area contributed by atoms with Crippen molar-refractivity contribution in [3.63, 3.8) is 0 Å². The van der Waals surface area contributed by atoms with E-state index in [0.717, 1.165) is 12.1 Å². The number of methoxy groups -OCH3 is 1. The summed E-state index contributed by atoms with van der Waals surface area (Å²) in [5, 5.41) is 6.36. The molecule has 0 aliphatic carbocycles. The van der Waals surface area contributed by atoms with Crippen LogP contribution in [0.15, 0.2) is 16.7 Å². The molecule has 0 saturated heterocycles. The Bertz CT molecular complexity index is 731. The van der Waals surface area contributed by atoms with Crippen LogP contribution in [0.3, 0.4) is 0 Å². The van der Waals surface area contributed by atoms with Crippen LogP contribution in [0.4, 0.5) is 14.5 Å². The molecule has 1 aromatic carbocycles. The van der Waals surface area contributed by atoms with Gasteiger partial charge in [0.05, 0.1) is 7.11 Å². The van der Waals surface area contributed by atoms with Gasteiger partial charge >= 0.3 is 0 Å². The second kappa shape index (κ2) is 7.58. The number of rotatable bonds is 6. The zero-order valence-electron chi connectivity index (χ0n) is 14.7. The summed E-state index contributed by atoms with van der Waals surface area (Å²) in [6.07, 6.45) is 1.07. The first-order valence-corrected chi connectivity index (χ1v) is 7.86.